The molecule has 0 unspecified atom stereocenters. The topological polar surface area (TPSA) is 78.5 Å². The van der Waals surface area contributed by atoms with Crippen LogP contribution in [-0.4, -0.2) is 50.7 Å². The van der Waals surface area contributed by atoms with E-state index < -0.39 is 15.9 Å². The number of halogens is 2. The molecule has 1 aliphatic carbocycles. The van der Waals surface area contributed by atoms with E-state index in [-0.39, 0.29) is 24.8 Å². The minimum Gasteiger partial charge on any atom is -0.311 e. The maximum absolute atomic E-state index is 11.6. The quantitative estimate of drug-likeness (QED) is 0.513. The summed E-state index contributed by atoms with van der Waals surface area (Å²) in [6, 6.07) is 20.1. The zero-order chi connectivity index (χ0) is 22.6. The molecule has 9 heteroatoms. The van der Waals surface area contributed by atoms with Crippen LogP contribution in [0.1, 0.15) is 41.9 Å². The predicted octanol–water partition coefficient (Wildman–Crippen LogP) is 3.73. The minimum absolute atomic E-state index is 0. The van der Waals surface area contributed by atoms with Crippen molar-refractivity contribution in [2.45, 2.75) is 43.8 Å². The van der Waals surface area contributed by atoms with Crippen molar-refractivity contribution in [3.05, 3.63) is 77.4 Å². The van der Waals surface area contributed by atoms with Crippen molar-refractivity contribution in [3.63, 3.8) is 0 Å². The molecule has 2 aromatic rings. The lowest BCUT2D eigenvalue weighted by atomic mass is 10.0. The fourth-order valence-electron chi connectivity index (χ4n) is 4.39. The van der Waals surface area contributed by atoms with E-state index in [9.17, 15) is 13.2 Å². The Kier molecular flexibility index (Phi) is 10.6. The standard InChI is InChI=1S/C25H31N3O3S.2ClH/c1-32(30,31)27-25(29)12-11-19-7-9-20(10-8-19)18-28-15-13-22(14-16-28)26-24-17-23(24)21-5-3-2-4-6-21;;/h2-12,22-24,26H,13-18H2,1H3,(H,27,29);2*1H/b12-11+;;/t23-,24+;;/m0../s1. The fourth-order valence-corrected chi connectivity index (χ4v) is 4.82. The predicted molar refractivity (Wildman–Crippen MR) is 142 cm³/mol. The second kappa shape index (κ2) is 12.7. The number of hydrogen-bond acceptors (Lipinski definition) is 5. The van der Waals surface area contributed by atoms with Gasteiger partial charge < -0.3 is 5.32 Å². The summed E-state index contributed by atoms with van der Waals surface area (Å²) in [4.78, 5) is 14.1. The second-order valence-corrected chi connectivity index (χ2v) is 10.6. The molecule has 2 fully saturated rings. The summed E-state index contributed by atoms with van der Waals surface area (Å²) in [5.41, 5.74) is 3.55. The number of amides is 1. The number of likely N-dealkylation sites (tertiary alicyclic amines) is 1. The van der Waals surface area contributed by atoms with Crippen LogP contribution in [0.25, 0.3) is 6.08 Å². The average molecular weight is 527 g/mol. The van der Waals surface area contributed by atoms with Gasteiger partial charge in [-0.25, -0.2) is 13.1 Å². The maximum Gasteiger partial charge on any atom is 0.257 e. The number of hydrogen-bond donors (Lipinski definition) is 2. The first-order valence-corrected chi connectivity index (χ1v) is 13.1. The number of rotatable bonds is 8. The van der Waals surface area contributed by atoms with Crippen molar-refractivity contribution in [2.75, 3.05) is 19.3 Å². The van der Waals surface area contributed by atoms with Crippen molar-refractivity contribution >= 4 is 46.8 Å². The van der Waals surface area contributed by atoms with Crippen molar-refractivity contribution in [1.82, 2.24) is 14.9 Å². The molecule has 34 heavy (non-hydrogen) atoms. The number of carbonyl (C=O) groups is 1. The molecule has 2 aromatic carbocycles. The number of piperidine rings is 1. The Balaban J connectivity index is 0.00000204. The third-order valence-electron chi connectivity index (χ3n) is 6.15. The van der Waals surface area contributed by atoms with Crippen LogP contribution in [0.15, 0.2) is 60.7 Å². The largest absolute Gasteiger partial charge is 0.311 e. The van der Waals surface area contributed by atoms with E-state index in [1.807, 2.05) is 16.9 Å². The van der Waals surface area contributed by atoms with E-state index >= 15 is 0 Å². The molecule has 1 aliphatic heterocycles. The van der Waals surface area contributed by atoms with E-state index in [0.717, 1.165) is 31.5 Å². The lowest BCUT2D eigenvalue weighted by Crippen LogP contribution is -2.43. The Labute approximate surface area is 215 Å². The van der Waals surface area contributed by atoms with Gasteiger partial charge in [0.1, 0.15) is 0 Å². The summed E-state index contributed by atoms with van der Waals surface area (Å²) in [7, 11) is -3.53. The Morgan fingerprint density at radius 2 is 1.68 bits per heavy atom. The molecule has 1 saturated carbocycles. The highest BCUT2D eigenvalue weighted by Gasteiger charge is 2.39. The van der Waals surface area contributed by atoms with E-state index in [2.05, 4.69) is 52.7 Å². The van der Waals surface area contributed by atoms with E-state index in [1.54, 1.807) is 6.08 Å². The third-order valence-corrected chi connectivity index (χ3v) is 6.73. The molecule has 0 bridgehead atoms. The molecule has 2 atom stereocenters. The SMILES string of the molecule is CS(=O)(=O)NC(=O)/C=C/c1ccc(CN2CCC(N[C@@H]3C[C@H]3c3ccccc3)CC2)cc1.Cl.Cl. The van der Waals surface area contributed by atoms with E-state index in [4.69, 9.17) is 0 Å². The average Bonchev–Trinajstić information content (AvgIpc) is 3.53. The number of carbonyl (C=O) groups excluding carboxylic acids is 1. The van der Waals surface area contributed by atoms with Crippen LogP contribution in [0.5, 0.6) is 0 Å². The third kappa shape index (κ3) is 8.71. The summed E-state index contributed by atoms with van der Waals surface area (Å²) in [5, 5.41) is 3.87. The van der Waals surface area contributed by atoms with Gasteiger partial charge in [-0.1, -0.05) is 54.6 Å². The fraction of sp³-hybridized carbons (Fsp3) is 0.400. The molecule has 0 aromatic heterocycles. The Bertz CT molecular complexity index is 1050. The van der Waals surface area contributed by atoms with Crippen LogP contribution in [0.4, 0.5) is 0 Å². The number of nitrogens with zero attached hydrogens (tertiary/aromatic N) is 1. The summed E-state index contributed by atoms with van der Waals surface area (Å²) in [6.45, 7) is 3.10. The first kappa shape index (κ1) is 28.3. The van der Waals surface area contributed by atoms with Gasteiger partial charge in [-0.3, -0.25) is 9.69 Å². The van der Waals surface area contributed by atoms with Gasteiger partial charge in [0.05, 0.1) is 6.26 Å². The van der Waals surface area contributed by atoms with Crippen LogP contribution < -0.4 is 10.0 Å². The van der Waals surface area contributed by atoms with Crippen molar-refractivity contribution in [1.29, 1.82) is 0 Å². The number of benzene rings is 2. The normalized spacial score (nSPS) is 20.9. The highest BCUT2D eigenvalue weighted by atomic mass is 35.5. The Morgan fingerprint density at radius 3 is 2.29 bits per heavy atom. The molecule has 0 spiro atoms. The monoisotopic (exact) mass is 525 g/mol. The molecule has 186 valence electrons. The van der Waals surface area contributed by atoms with Crippen molar-refractivity contribution in [3.8, 4) is 0 Å². The number of sulfonamides is 1. The van der Waals surface area contributed by atoms with Gasteiger partial charge in [0.25, 0.3) is 5.91 Å². The van der Waals surface area contributed by atoms with Gasteiger partial charge in [0.15, 0.2) is 0 Å². The lowest BCUT2D eigenvalue weighted by molar-refractivity contribution is -0.114. The molecule has 1 amide bonds. The smallest absolute Gasteiger partial charge is 0.257 e. The highest BCUT2D eigenvalue weighted by Crippen LogP contribution is 2.41. The molecule has 2 N–H and O–H groups in total. The first-order valence-electron chi connectivity index (χ1n) is 11.2. The van der Waals surface area contributed by atoms with Gasteiger partial charge in [-0.2, -0.15) is 0 Å². The summed E-state index contributed by atoms with van der Waals surface area (Å²) in [5.74, 6) is 0.0357. The van der Waals surface area contributed by atoms with Crippen LogP contribution >= 0.6 is 24.8 Å². The maximum atomic E-state index is 11.6. The van der Waals surface area contributed by atoms with Crippen molar-refractivity contribution in [2.24, 2.45) is 0 Å². The van der Waals surface area contributed by atoms with Gasteiger partial charge in [-0.05, 0) is 55.1 Å². The zero-order valence-corrected chi connectivity index (χ0v) is 21.7. The molecule has 0 radical (unpaired) electrons. The molecule has 1 saturated heterocycles. The molecule has 6 nitrogen and oxygen atoms in total. The van der Waals surface area contributed by atoms with Crippen LogP contribution in [0, 0.1) is 0 Å². The second-order valence-electron chi connectivity index (χ2n) is 8.89. The van der Waals surface area contributed by atoms with Gasteiger partial charge in [-0.15, -0.1) is 24.8 Å². The van der Waals surface area contributed by atoms with E-state index in [0.29, 0.717) is 18.0 Å². The Morgan fingerprint density at radius 1 is 1.03 bits per heavy atom. The molecular formula is C25H33Cl2N3O3S. The summed E-state index contributed by atoms with van der Waals surface area (Å²) < 4.78 is 24.0. The summed E-state index contributed by atoms with van der Waals surface area (Å²) >= 11 is 0. The van der Waals surface area contributed by atoms with Crippen LogP contribution in [-0.2, 0) is 21.4 Å². The van der Waals surface area contributed by atoms with Gasteiger partial charge in [0, 0.05) is 30.6 Å². The highest BCUT2D eigenvalue weighted by molar-refractivity contribution is 7.89. The minimum atomic E-state index is -3.53. The molecular weight excluding hydrogens is 493 g/mol. The Hall–Kier alpha value is -1.90. The van der Waals surface area contributed by atoms with Crippen LogP contribution in [0.2, 0.25) is 0 Å². The molecule has 1 heterocycles. The van der Waals surface area contributed by atoms with E-state index in [1.165, 1.54) is 36.5 Å². The molecule has 4 rings (SSSR count). The van der Waals surface area contributed by atoms with Crippen molar-refractivity contribution < 1.29 is 13.2 Å². The van der Waals surface area contributed by atoms with Crippen LogP contribution in [0.3, 0.4) is 0 Å². The molecule has 2 aliphatic rings. The van der Waals surface area contributed by atoms with Gasteiger partial charge in [0.2, 0.25) is 10.0 Å². The number of nitrogens with one attached hydrogen (secondary N) is 2. The zero-order valence-electron chi connectivity index (χ0n) is 19.2. The summed E-state index contributed by atoms with van der Waals surface area (Å²) in [6.07, 6.45) is 7.40. The first-order chi connectivity index (χ1) is 15.4. The lowest BCUT2D eigenvalue weighted by Gasteiger charge is -2.32. The van der Waals surface area contributed by atoms with Gasteiger partial charge >= 0.3 is 0 Å².